The molecule has 0 saturated carbocycles. The first-order valence-electron chi connectivity index (χ1n) is 15.2. The van der Waals surface area contributed by atoms with Gasteiger partial charge in [-0.3, -0.25) is 0 Å². The summed E-state index contributed by atoms with van der Waals surface area (Å²) >= 11 is 0. The molecule has 44 heavy (non-hydrogen) atoms. The smallest absolute Gasteiger partial charge is 0.0645 e. The maximum absolute atomic E-state index is 4.58. The lowest BCUT2D eigenvalue weighted by atomic mass is 9.99. The third-order valence-corrected chi connectivity index (χ3v) is 8.18. The molecule has 0 fully saturated rings. The summed E-state index contributed by atoms with van der Waals surface area (Å²) in [6.45, 7) is 0. The predicted octanol–water partition coefficient (Wildman–Crippen LogP) is 8.96. The van der Waals surface area contributed by atoms with Crippen LogP contribution in [0.4, 0.5) is 0 Å². The van der Waals surface area contributed by atoms with Crippen molar-refractivity contribution >= 4 is 0 Å². The molecular formula is C40H34N4. The van der Waals surface area contributed by atoms with Crippen molar-refractivity contribution < 1.29 is 0 Å². The number of nitrogens with zero attached hydrogens (tertiary/aromatic N) is 4. The fraction of sp³-hybridized carbons (Fsp3) is 0.100. The zero-order valence-corrected chi connectivity index (χ0v) is 24.6. The predicted molar refractivity (Wildman–Crippen MR) is 179 cm³/mol. The van der Waals surface area contributed by atoms with Crippen LogP contribution in [0, 0.1) is 0 Å². The Morgan fingerprint density at radius 3 is 1.20 bits per heavy atom. The number of rotatable bonds is 10. The number of aryl methyl sites for hydroxylation is 4. The minimum absolute atomic E-state index is 1.01. The minimum Gasteiger partial charge on any atom is -0.240 e. The lowest BCUT2D eigenvalue weighted by Crippen LogP contribution is -1.97. The van der Waals surface area contributed by atoms with E-state index in [9.17, 15) is 0 Å². The van der Waals surface area contributed by atoms with E-state index in [1.54, 1.807) is 0 Å². The molecule has 0 radical (unpaired) electrons. The molecule has 0 saturated heterocycles. The van der Waals surface area contributed by atoms with Crippen LogP contribution in [0.3, 0.4) is 0 Å². The molecular weight excluding hydrogens is 536 g/mol. The summed E-state index contributed by atoms with van der Waals surface area (Å²) in [6.07, 6.45) is 12.1. The highest BCUT2D eigenvalue weighted by Crippen LogP contribution is 2.22. The van der Waals surface area contributed by atoms with Gasteiger partial charge in [0.2, 0.25) is 0 Å². The van der Waals surface area contributed by atoms with E-state index >= 15 is 0 Å². The van der Waals surface area contributed by atoms with Crippen molar-refractivity contribution in [2.24, 2.45) is 0 Å². The van der Waals surface area contributed by atoms with Gasteiger partial charge in [-0.15, -0.1) is 0 Å². The van der Waals surface area contributed by atoms with Gasteiger partial charge in [-0.25, -0.2) is 9.36 Å². The molecule has 2 heterocycles. The Morgan fingerprint density at radius 1 is 0.364 bits per heavy atom. The van der Waals surface area contributed by atoms with Crippen LogP contribution in [-0.2, 0) is 25.7 Å². The topological polar surface area (TPSA) is 35.6 Å². The van der Waals surface area contributed by atoms with Gasteiger partial charge in [0.25, 0.3) is 0 Å². The maximum Gasteiger partial charge on any atom is 0.0645 e. The van der Waals surface area contributed by atoms with Crippen LogP contribution < -0.4 is 0 Å². The molecule has 7 rings (SSSR count). The Labute approximate surface area is 258 Å². The van der Waals surface area contributed by atoms with Crippen molar-refractivity contribution in [2.45, 2.75) is 25.7 Å². The highest BCUT2D eigenvalue weighted by atomic mass is 15.3. The number of benzene rings is 5. The highest BCUT2D eigenvalue weighted by Gasteiger charge is 2.06. The van der Waals surface area contributed by atoms with Crippen molar-refractivity contribution in [1.29, 1.82) is 0 Å². The average Bonchev–Trinajstić information content (AvgIpc) is 3.80. The number of hydrogen-bond donors (Lipinski definition) is 0. The van der Waals surface area contributed by atoms with Crippen LogP contribution in [0.2, 0.25) is 0 Å². The molecule has 5 aromatic carbocycles. The van der Waals surface area contributed by atoms with Gasteiger partial charge in [-0.2, -0.15) is 10.2 Å². The van der Waals surface area contributed by atoms with E-state index < -0.39 is 0 Å². The normalized spacial score (nSPS) is 11.1. The van der Waals surface area contributed by atoms with Crippen molar-refractivity contribution in [3.05, 3.63) is 181 Å². The number of hydrogen-bond acceptors (Lipinski definition) is 2. The molecule has 0 aliphatic heterocycles. The van der Waals surface area contributed by atoms with Gasteiger partial charge >= 0.3 is 0 Å². The standard InChI is InChI=1S/C40H34N4/c1-3-10-35(11-4-1)37-27-41-43(29-37)39-22-18-31(19-23-39)14-16-33-8-7-9-34(26-33)17-15-32-20-24-40(25-21-32)44-30-38(28-42-44)36-12-5-2-6-13-36/h1-13,18-30H,14-17H2. The molecule has 0 amide bonds. The van der Waals surface area contributed by atoms with Crippen LogP contribution in [0.5, 0.6) is 0 Å². The second-order valence-corrected chi connectivity index (χ2v) is 11.2. The summed E-state index contributed by atoms with van der Waals surface area (Å²) in [5.74, 6) is 0. The van der Waals surface area contributed by atoms with E-state index in [0.29, 0.717) is 0 Å². The highest BCUT2D eigenvalue weighted by molar-refractivity contribution is 5.63. The van der Waals surface area contributed by atoms with Gasteiger partial charge in [-0.1, -0.05) is 109 Å². The molecule has 214 valence electrons. The lowest BCUT2D eigenvalue weighted by molar-refractivity contribution is 0.875. The first-order valence-corrected chi connectivity index (χ1v) is 15.2. The third kappa shape index (κ3) is 6.45. The molecule has 0 bridgehead atoms. The van der Waals surface area contributed by atoms with Crippen molar-refractivity contribution in [2.75, 3.05) is 0 Å². The molecule has 0 spiro atoms. The maximum atomic E-state index is 4.58. The van der Waals surface area contributed by atoms with Gasteiger partial charge in [0.15, 0.2) is 0 Å². The Kier molecular flexibility index (Phi) is 7.96. The van der Waals surface area contributed by atoms with E-state index in [4.69, 9.17) is 0 Å². The zero-order chi connectivity index (χ0) is 29.6. The summed E-state index contributed by atoms with van der Waals surface area (Å²) in [7, 11) is 0. The summed E-state index contributed by atoms with van der Waals surface area (Å²) < 4.78 is 3.89. The molecule has 0 aliphatic rings. The summed E-state index contributed by atoms with van der Waals surface area (Å²) in [6, 6.07) is 47.3. The second-order valence-electron chi connectivity index (χ2n) is 11.2. The summed E-state index contributed by atoms with van der Waals surface area (Å²) in [4.78, 5) is 0. The Balaban J connectivity index is 0.924. The Hall–Kier alpha value is -5.48. The quantitative estimate of drug-likeness (QED) is 0.165. The first-order chi connectivity index (χ1) is 21.8. The molecule has 0 atom stereocenters. The van der Waals surface area contributed by atoms with E-state index in [1.807, 2.05) is 33.9 Å². The van der Waals surface area contributed by atoms with Crippen LogP contribution in [-0.4, -0.2) is 19.6 Å². The van der Waals surface area contributed by atoms with Crippen LogP contribution in [0.15, 0.2) is 158 Å². The molecule has 4 heteroatoms. The van der Waals surface area contributed by atoms with E-state index in [-0.39, 0.29) is 0 Å². The molecule has 4 nitrogen and oxygen atoms in total. The zero-order valence-electron chi connectivity index (χ0n) is 24.6. The Morgan fingerprint density at radius 2 is 0.773 bits per heavy atom. The fourth-order valence-electron chi connectivity index (χ4n) is 5.64. The average molecular weight is 571 g/mol. The third-order valence-electron chi connectivity index (χ3n) is 8.18. The largest absolute Gasteiger partial charge is 0.240 e. The van der Waals surface area contributed by atoms with E-state index in [2.05, 4.69) is 144 Å². The SMILES string of the molecule is c1ccc(-c2cnn(-c3ccc(CCc4cccc(CCc5ccc(-n6cc(-c7ccccc7)cn6)cc5)c4)cc3)c2)cc1. The fourth-order valence-corrected chi connectivity index (χ4v) is 5.64. The number of aromatic nitrogens is 4. The van der Waals surface area contributed by atoms with Gasteiger partial charge in [0.1, 0.15) is 0 Å². The summed E-state index contributed by atoms with van der Waals surface area (Å²) in [5, 5.41) is 9.15. The molecule has 2 aromatic heterocycles. The Bertz CT molecular complexity index is 1790. The minimum atomic E-state index is 1.01. The second kappa shape index (κ2) is 12.8. The van der Waals surface area contributed by atoms with Crippen molar-refractivity contribution in [3.63, 3.8) is 0 Å². The van der Waals surface area contributed by atoms with E-state index in [0.717, 1.165) is 48.2 Å². The monoisotopic (exact) mass is 570 g/mol. The summed E-state index contributed by atoms with van der Waals surface area (Å²) in [5.41, 5.74) is 12.2. The van der Waals surface area contributed by atoms with Gasteiger partial charge in [0.05, 0.1) is 23.8 Å². The van der Waals surface area contributed by atoms with Crippen molar-refractivity contribution in [1.82, 2.24) is 19.6 Å². The molecule has 7 aromatic rings. The molecule has 0 unspecified atom stereocenters. The van der Waals surface area contributed by atoms with Crippen LogP contribution in [0.25, 0.3) is 33.6 Å². The lowest BCUT2D eigenvalue weighted by Gasteiger charge is -2.08. The van der Waals surface area contributed by atoms with Crippen molar-refractivity contribution in [3.8, 4) is 33.6 Å². The van der Waals surface area contributed by atoms with Crippen LogP contribution in [0.1, 0.15) is 22.3 Å². The van der Waals surface area contributed by atoms with Gasteiger partial charge in [-0.05, 0) is 83.3 Å². The van der Waals surface area contributed by atoms with Gasteiger partial charge in [0, 0.05) is 23.5 Å². The van der Waals surface area contributed by atoms with E-state index in [1.165, 1.54) is 33.4 Å². The molecule has 0 aliphatic carbocycles. The van der Waals surface area contributed by atoms with Gasteiger partial charge < -0.3 is 0 Å². The molecule has 0 N–H and O–H groups in total. The van der Waals surface area contributed by atoms with Crippen LogP contribution >= 0.6 is 0 Å². The first kappa shape index (κ1) is 27.4.